The summed E-state index contributed by atoms with van der Waals surface area (Å²) in [5.74, 6) is 0.755. The number of rotatable bonds is 6. The number of aromatic nitrogens is 2. The van der Waals surface area contributed by atoms with Crippen LogP contribution in [0.5, 0.6) is 0 Å². The third-order valence-electron chi connectivity index (χ3n) is 4.63. The zero-order valence-corrected chi connectivity index (χ0v) is 15.8. The maximum Gasteiger partial charge on any atom is 0.262 e. The van der Waals surface area contributed by atoms with Gasteiger partial charge in [-0.25, -0.2) is 4.98 Å². The first kappa shape index (κ1) is 18.1. The third kappa shape index (κ3) is 3.77. The van der Waals surface area contributed by atoms with Gasteiger partial charge in [0.1, 0.15) is 10.7 Å². The lowest BCUT2D eigenvalue weighted by atomic mass is 10.2. The molecule has 0 radical (unpaired) electrons. The number of hydrogen-bond donors (Lipinski definition) is 2. The minimum absolute atomic E-state index is 0.0133. The topological polar surface area (TPSA) is 76.0 Å². The van der Waals surface area contributed by atoms with Crippen molar-refractivity contribution < 1.29 is 4.79 Å². The van der Waals surface area contributed by atoms with Gasteiger partial charge in [-0.1, -0.05) is 13.3 Å². The molecular weight excluding hydrogens is 336 g/mol. The molecule has 0 unspecified atom stereocenters. The van der Waals surface area contributed by atoms with Crippen molar-refractivity contribution >= 4 is 27.5 Å². The summed E-state index contributed by atoms with van der Waals surface area (Å²) in [6, 6.07) is 0. The van der Waals surface area contributed by atoms with Gasteiger partial charge in [-0.2, -0.15) is 0 Å². The molecule has 0 saturated carbocycles. The van der Waals surface area contributed by atoms with Gasteiger partial charge >= 0.3 is 0 Å². The fraction of sp³-hybridized carbons (Fsp3) is 0.611. The van der Waals surface area contributed by atoms with Gasteiger partial charge in [0, 0.05) is 26.1 Å². The first-order valence-electron chi connectivity index (χ1n) is 9.15. The van der Waals surface area contributed by atoms with Crippen LogP contribution in [0.2, 0.25) is 0 Å². The van der Waals surface area contributed by atoms with Crippen molar-refractivity contribution in [3.05, 3.63) is 26.6 Å². The summed E-state index contributed by atoms with van der Waals surface area (Å²) >= 11 is 1.34. The molecule has 0 aromatic carbocycles. The van der Waals surface area contributed by atoms with Crippen LogP contribution in [-0.4, -0.2) is 35.1 Å². The Labute approximate surface area is 151 Å². The normalized spacial score (nSPS) is 14.3. The molecule has 0 aliphatic carbocycles. The van der Waals surface area contributed by atoms with Gasteiger partial charge < -0.3 is 10.6 Å². The van der Waals surface area contributed by atoms with E-state index in [1.807, 2.05) is 11.5 Å². The van der Waals surface area contributed by atoms with E-state index in [1.165, 1.54) is 11.3 Å². The maximum atomic E-state index is 12.9. The van der Waals surface area contributed by atoms with Crippen LogP contribution in [0.1, 0.15) is 53.7 Å². The van der Waals surface area contributed by atoms with Gasteiger partial charge in [0.2, 0.25) is 0 Å². The van der Waals surface area contributed by atoms with Crippen molar-refractivity contribution in [1.82, 2.24) is 20.2 Å². The van der Waals surface area contributed by atoms with Gasteiger partial charge in [-0.3, -0.25) is 14.2 Å². The van der Waals surface area contributed by atoms with Crippen molar-refractivity contribution in [2.45, 2.75) is 52.5 Å². The Hall–Kier alpha value is -1.73. The molecule has 2 aromatic heterocycles. The molecule has 6 nitrogen and oxygen atoms in total. The van der Waals surface area contributed by atoms with Crippen LogP contribution in [0.4, 0.5) is 0 Å². The zero-order valence-electron chi connectivity index (χ0n) is 15.0. The zero-order chi connectivity index (χ0) is 17.8. The fourth-order valence-corrected chi connectivity index (χ4v) is 4.38. The molecule has 3 rings (SSSR count). The molecule has 2 aromatic rings. The summed E-state index contributed by atoms with van der Waals surface area (Å²) in [7, 11) is 0. The lowest BCUT2D eigenvalue weighted by Gasteiger charge is -2.08. The Kier molecular flexibility index (Phi) is 5.86. The monoisotopic (exact) mass is 362 g/mol. The first-order valence-corrected chi connectivity index (χ1v) is 9.96. The Balaban J connectivity index is 1.86. The molecule has 2 N–H and O–H groups in total. The van der Waals surface area contributed by atoms with E-state index in [4.69, 9.17) is 4.98 Å². The van der Waals surface area contributed by atoms with Crippen molar-refractivity contribution in [1.29, 1.82) is 0 Å². The van der Waals surface area contributed by atoms with Crippen LogP contribution in [0.25, 0.3) is 10.2 Å². The van der Waals surface area contributed by atoms with Gasteiger partial charge in [0.25, 0.3) is 11.5 Å². The number of fused-ring (bicyclic) bond motifs is 2. The highest BCUT2D eigenvalue weighted by Crippen LogP contribution is 2.28. The van der Waals surface area contributed by atoms with E-state index in [2.05, 4.69) is 17.6 Å². The van der Waals surface area contributed by atoms with Crippen LogP contribution in [0.3, 0.4) is 0 Å². The number of carbonyl (C=O) groups excluding carboxylic acids is 1. The molecule has 0 atom stereocenters. The standard InChI is InChI=1S/C18H26N4O2S/c1-3-8-19-9-10-20-16(23)15-12(2)14-17(25-15)21-13-7-5-4-6-11-22(13)18(14)24/h19H,3-11H2,1-2H3,(H,20,23). The van der Waals surface area contributed by atoms with E-state index in [1.54, 1.807) is 0 Å². The highest BCUT2D eigenvalue weighted by molar-refractivity contribution is 7.20. The first-order chi connectivity index (χ1) is 12.1. The van der Waals surface area contributed by atoms with E-state index >= 15 is 0 Å². The third-order valence-corrected chi connectivity index (χ3v) is 5.82. The second-order valence-corrected chi connectivity index (χ2v) is 7.54. The van der Waals surface area contributed by atoms with E-state index in [0.717, 1.165) is 63.1 Å². The molecule has 1 aliphatic heterocycles. The van der Waals surface area contributed by atoms with Crippen LogP contribution in [0, 0.1) is 6.92 Å². The predicted molar refractivity (Wildman–Crippen MR) is 102 cm³/mol. The molecule has 25 heavy (non-hydrogen) atoms. The van der Waals surface area contributed by atoms with E-state index in [9.17, 15) is 9.59 Å². The number of nitrogens with zero attached hydrogens (tertiary/aromatic N) is 2. The molecular formula is C18H26N4O2S. The maximum absolute atomic E-state index is 12.9. The lowest BCUT2D eigenvalue weighted by molar-refractivity contribution is 0.0957. The van der Waals surface area contributed by atoms with Crippen molar-refractivity contribution in [3.63, 3.8) is 0 Å². The van der Waals surface area contributed by atoms with Gasteiger partial charge in [0.15, 0.2) is 0 Å². The Bertz CT molecular complexity index is 825. The molecule has 3 heterocycles. The fourth-order valence-electron chi connectivity index (χ4n) is 3.27. The summed E-state index contributed by atoms with van der Waals surface area (Å²) in [5.41, 5.74) is 0.773. The van der Waals surface area contributed by atoms with Crippen LogP contribution < -0.4 is 16.2 Å². The van der Waals surface area contributed by atoms with E-state index in [-0.39, 0.29) is 11.5 Å². The number of carbonyl (C=O) groups is 1. The average molecular weight is 362 g/mol. The molecule has 7 heteroatoms. The number of aryl methyl sites for hydroxylation is 2. The molecule has 1 aliphatic rings. The van der Waals surface area contributed by atoms with Gasteiger partial charge in [0.05, 0.1) is 10.3 Å². The van der Waals surface area contributed by atoms with E-state index < -0.39 is 0 Å². The van der Waals surface area contributed by atoms with Crippen molar-refractivity contribution in [3.8, 4) is 0 Å². The summed E-state index contributed by atoms with van der Waals surface area (Å²) in [4.78, 5) is 31.4. The highest BCUT2D eigenvalue weighted by Gasteiger charge is 2.21. The van der Waals surface area contributed by atoms with E-state index in [0.29, 0.717) is 21.6 Å². The SMILES string of the molecule is CCCNCCNC(=O)c1sc2nc3n(c(=O)c2c1C)CCCCC3. The number of hydrogen-bond acceptors (Lipinski definition) is 5. The second-order valence-electron chi connectivity index (χ2n) is 6.54. The summed E-state index contributed by atoms with van der Waals surface area (Å²) in [5, 5.41) is 6.80. The largest absolute Gasteiger partial charge is 0.350 e. The highest BCUT2D eigenvalue weighted by atomic mass is 32.1. The van der Waals surface area contributed by atoms with Crippen molar-refractivity contribution in [2.75, 3.05) is 19.6 Å². The quantitative estimate of drug-likeness (QED) is 0.773. The second kappa shape index (κ2) is 8.10. The Morgan fingerprint density at radius 3 is 2.88 bits per heavy atom. The molecule has 136 valence electrons. The smallest absolute Gasteiger partial charge is 0.262 e. The van der Waals surface area contributed by atoms with Crippen LogP contribution in [-0.2, 0) is 13.0 Å². The van der Waals surface area contributed by atoms with Crippen LogP contribution >= 0.6 is 11.3 Å². The summed E-state index contributed by atoms with van der Waals surface area (Å²) in [6.45, 7) is 6.98. The molecule has 0 bridgehead atoms. The minimum Gasteiger partial charge on any atom is -0.350 e. The number of thiophene rings is 1. The molecule has 0 saturated heterocycles. The lowest BCUT2D eigenvalue weighted by Crippen LogP contribution is -2.32. The Morgan fingerprint density at radius 1 is 1.24 bits per heavy atom. The minimum atomic E-state index is -0.113. The summed E-state index contributed by atoms with van der Waals surface area (Å²) < 4.78 is 1.81. The number of nitrogens with one attached hydrogen (secondary N) is 2. The number of amides is 1. The molecule has 0 fully saturated rings. The Morgan fingerprint density at radius 2 is 2.08 bits per heavy atom. The predicted octanol–water partition coefficient (Wildman–Crippen LogP) is 2.22. The average Bonchev–Trinajstić information content (AvgIpc) is 2.78. The van der Waals surface area contributed by atoms with Gasteiger partial charge in [-0.15, -0.1) is 11.3 Å². The van der Waals surface area contributed by atoms with Crippen molar-refractivity contribution in [2.24, 2.45) is 0 Å². The molecule has 0 spiro atoms. The van der Waals surface area contributed by atoms with Crippen LogP contribution in [0.15, 0.2) is 4.79 Å². The molecule has 1 amide bonds. The van der Waals surface area contributed by atoms with Gasteiger partial charge in [-0.05, 0) is 38.3 Å². The summed E-state index contributed by atoms with van der Waals surface area (Å²) in [6.07, 6.45) is 5.13.